The van der Waals surface area contributed by atoms with Gasteiger partial charge in [-0.05, 0) is 58.7 Å². The number of aliphatic carboxylic acids is 1. The molecule has 2 aromatic rings. The highest BCUT2D eigenvalue weighted by Gasteiger charge is 2.22. The molecule has 32 heavy (non-hydrogen) atoms. The van der Waals surface area contributed by atoms with Crippen molar-refractivity contribution < 1.29 is 24.2 Å². The molecule has 2 amide bonds. The monoisotopic (exact) mass is 544 g/mol. The number of likely N-dealkylation sites (N-methyl/N-ethyl adjacent to an activating group) is 1. The van der Waals surface area contributed by atoms with Crippen LogP contribution in [0.3, 0.4) is 0 Å². The first-order valence-corrected chi connectivity index (χ1v) is 11.2. The van der Waals surface area contributed by atoms with Gasteiger partial charge < -0.3 is 20.1 Å². The fraction of sp³-hybridized carbons (Fsp3) is 0.318. The summed E-state index contributed by atoms with van der Waals surface area (Å²) < 4.78 is 6.45. The molecular formula is C22H23BrCl2N2O5. The molecule has 0 saturated carbocycles. The predicted octanol–water partition coefficient (Wildman–Crippen LogP) is 5.62. The maximum absolute atomic E-state index is 12.4. The minimum atomic E-state index is -1.10. The Bertz CT molecular complexity index is 1020. The second-order valence-corrected chi connectivity index (χ2v) is 9.14. The molecule has 10 heteroatoms. The Morgan fingerprint density at radius 1 is 1.12 bits per heavy atom. The number of hydrogen-bond donors (Lipinski definition) is 2. The van der Waals surface area contributed by atoms with E-state index >= 15 is 0 Å². The summed E-state index contributed by atoms with van der Waals surface area (Å²) in [5.41, 5.74) is 1.12. The molecule has 7 nitrogen and oxygen atoms in total. The van der Waals surface area contributed by atoms with Crippen LogP contribution in [0, 0.1) is 5.92 Å². The van der Waals surface area contributed by atoms with E-state index in [9.17, 15) is 14.4 Å². The number of rotatable bonds is 8. The number of benzene rings is 2. The fourth-order valence-electron chi connectivity index (χ4n) is 2.55. The third-order valence-electron chi connectivity index (χ3n) is 4.69. The van der Waals surface area contributed by atoms with Crippen LogP contribution >= 0.6 is 39.1 Å². The molecule has 0 fully saturated rings. The molecule has 0 bridgehead atoms. The number of amides is 2. The maximum Gasteiger partial charge on any atom is 0.326 e. The number of carbonyl (C=O) groups excluding carboxylic acids is 2. The van der Waals surface area contributed by atoms with E-state index in [0.29, 0.717) is 21.5 Å². The van der Waals surface area contributed by atoms with E-state index in [2.05, 4.69) is 21.2 Å². The van der Waals surface area contributed by atoms with Crippen molar-refractivity contribution in [3.05, 3.63) is 50.4 Å². The van der Waals surface area contributed by atoms with Crippen LogP contribution in [0.4, 0.5) is 5.69 Å². The number of carboxylic acid groups (broad SMARTS) is 1. The van der Waals surface area contributed by atoms with Crippen molar-refractivity contribution in [2.24, 2.45) is 5.92 Å². The molecule has 2 rings (SSSR count). The predicted molar refractivity (Wildman–Crippen MR) is 128 cm³/mol. The van der Waals surface area contributed by atoms with E-state index in [4.69, 9.17) is 33.0 Å². The number of nitrogens with one attached hydrogen (secondary N) is 1. The summed E-state index contributed by atoms with van der Waals surface area (Å²) in [7, 11) is 1.42. The molecule has 1 atom stereocenters. The van der Waals surface area contributed by atoms with E-state index in [0.717, 1.165) is 4.90 Å². The first-order valence-electron chi connectivity index (χ1n) is 9.65. The average molecular weight is 546 g/mol. The molecule has 0 spiro atoms. The fourth-order valence-corrected chi connectivity index (χ4v) is 3.61. The number of carboxylic acids is 1. The topological polar surface area (TPSA) is 95.9 Å². The highest BCUT2D eigenvalue weighted by atomic mass is 79.9. The number of nitrogens with zero attached hydrogens (tertiary/aromatic N) is 1. The Kier molecular flexibility index (Phi) is 8.95. The minimum Gasteiger partial charge on any atom is -0.480 e. The number of halogens is 3. The lowest BCUT2D eigenvalue weighted by atomic mass is 10.1. The lowest BCUT2D eigenvalue weighted by Gasteiger charge is -2.21. The van der Waals surface area contributed by atoms with Gasteiger partial charge in [0.05, 0.1) is 22.2 Å². The van der Waals surface area contributed by atoms with Crippen molar-refractivity contribution in [2.45, 2.75) is 33.2 Å². The minimum absolute atomic E-state index is 0.0658. The van der Waals surface area contributed by atoms with E-state index in [-0.39, 0.29) is 39.9 Å². The van der Waals surface area contributed by atoms with Crippen molar-refractivity contribution in [2.75, 3.05) is 12.4 Å². The first-order chi connectivity index (χ1) is 14.9. The molecule has 2 aromatic carbocycles. The van der Waals surface area contributed by atoms with Gasteiger partial charge in [-0.1, -0.05) is 37.0 Å². The van der Waals surface area contributed by atoms with Crippen LogP contribution in [0.1, 0.15) is 26.3 Å². The Morgan fingerprint density at radius 2 is 1.72 bits per heavy atom. The molecule has 172 valence electrons. The van der Waals surface area contributed by atoms with Gasteiger partial charge in [0.25, 0.3) is 0 Å². The van der Waals surface area contributed by atoms with Gasteiger partial charge in [-0.2, -0.15) is 0 Å². The van der Waals surface area contributed by atoms with Crippen LogP contribution < -0.4 is 10.1 Å². The zero-order chi connectivity index (χ0) is 24.2. The second kappa shape index (κ2) is 11.0. The SMILES string of the molecule is CC(C)C(=O)Nc1ccc(Oc2c(Cl)cc(CC(=O)N(C)[C@@H](C)C(=O)O)cc2Cl)cc1Br. The highest BCUT2D eigenvalue weighted by Crippen LogP contribution is 2.39. The average Bonchev–Trinajstić information content (AvgIpc) is 2.71. The molecule has 0 aliphatic rings. The molecular weight excluding hydrogens is 523 g/mol. The molecule has 0 heterocycles. The zero-order valence-electron chi connectivity index (χ0n) is 17.9. The Morgan fingerprint density at radius 3 is 2.22 bits per heavy atom. The molecule has 0 unspecified atom stereocenters. The van der Waals surface area contributed by atoms with Crippen LogP contribution in [0.5, 0.6) is 11.5 Å². The maximum atomic E-state index is 12.4. The number of ether oxygens (including phenoxy) is 1. The van der Waals surface area contributed by atoms with Crippen LogP contribution in [-0.2, 0) is 20.8 Å². The molecule has 0 aliphatic heterocycles. The summed E-state index contributed by atoms with van der Waals surface area (Å²) in [4.78, 5) is 36.5. The van der Waals surface area contributed by atoms with Gasteiger partial charge in [0.1, 0.15) is 11.8 Å². The number of carbonyl (C=O) groups is 3. The van der Waals surface area contributed by atoms with Crippen LogP contribution in [0.25, 0.3) is 0 Å². The van der Waals surface area contributed by atoms with Gasteiger partial charge in [0, 0.05) is 17.4 Å². The second-order valence-electron chi connectivity index (χ2n) is 7.47. The van der Waals surface area contributed by atoms with Crippen molar-refractivity contribution in [1.29, 1.82) is 0 Å². The van der Waals surface area contributed by atoms with Crippen molar-refractivity contribution >= 4 is 62.6 Å². The van der Waals surface area contributed by atoms with Crippen LogP contribution in [0.15, 0.2) is 34.8 Å². The van der Waals surface area contributed by atoms with Crippen LogP contribution in [0.2, 0.25) is 10.0 Å². The Balaban J connectivity index is 2.17. The zero-order valence-corrected chi connectivity index (χ0v) is 21.0. The smallest absolute Gasteiger partial charge is 0.326 e. The quantitative estimate of drug-likeness (QED) is 0.449. The Labute approximate surface area is 204 Å². The summed E-state index contributed by atoms with van der Waals surface area (Å²) >= 11 is 16.1. The third kappa shape index (κ3) is 6.60. The summed E-state index contributed by atoms with van der Waals surface area (Å²) in [6, 6.07) is 7.16. The summed E-state index contributed by atoms with van der Waals surface area (Å²) in [5.74, 6) is -1.11. The lowest BCUT2D eigenvalue weighted by molar-refractivity contribution is -0.148. The first kappa shape index (κ1) is 26.0. The molecule has 0 saturated heterocycles. The summed E-state index contributed by atoms with van der Waals surface area (Å²) in [6.07, 6.45) is -0.0658. The van der Waals surface area contributed by atoms with E-state index in [1.807, 2.05) is 0 Å². The summed E-state index contributed by atoms with van der Waals surface area (Å²) in [6.45, 7) is 5.02. The number of hydrogen-bond acceptors (Lipinski definition) is 4. The lowest BCUT2D eigenvalue weighted by Crippen LogP contribution is -2.41. The van der Waals surface area contributed by atoms with Gasteiger partial charge in [0.15, 0.2) is 5.75 Å². The molecule has 2 N–H and O–H groups in total. The number of anilines is 1. The molecule has 0 aliphatic carbocycles. The largest absolute Gasteiger partial charge is 0.480 e. The molecule has 0 aromatic heterocycles. The van der Waals surface area contributed by atoms with E-state index in [1.54, 1.807) is 44.2 Å². The van der Waals surface area contributed by atoms with Crippen molar-refractivity contribution in [3.8, 4) is 11.5 Å². The standard InChI is InChI=1S/C22H23BrCl2N2O5/c1-11(2)21(29)26-18-6-5-14(10-15(18)23)32-20-16(24)7-13(8-17(20)25)9-19(28)27(4)12(3)22(30)31/h5-8,10-12H,9H2,1-4H3,(H,26,29)(H,30,31)/t12-/m0/s1. The summed E-state index contributed by atoms with van der Waals surface area (Å²) in [5, 5.41) is 12.3. The highest BCUT2D eigenvalue weighted by molar-refractivity contribution is 9.10. The van der Waals surface area contributed by atoms with Gasteiger partial charge in [-0.25, -0.2) is 4.79 Å². The third-order valence-corrected chi connectivity index (χ3v) is 5.91. The van der Waals surface area contributed by atoms with Crippen LogP contribution in [-0.4, -0.2) is 40.9 Å². The van der Waals surface area contributed by atoms with Gasteiger partial charge in [-0.15, -0.1) is 0 Å². The van der Waals surface area contributed by atoms with Crippen molar-refractivity contribution in [3.63, 3.8) is 0 Å². The van der Waals surface area contributed by atoms with E-state index in [1.165, 1.54) is 14.0 Å². The van der Waals surface area contributed by atoms with Gasteiger partial charge in [-0.3, -0.25) is 9.59 Å². The Hall–Kier alpha value is -2.29. The normalized spacial score (nSPS) is 11.8. The molecule has 0 radical (unpaired) electrons. The van der Waals surface area contributed by atoms with E-state index < -0.39 is 12.0 Å². The van der Waals surface area contributed by atoms with Crippen molar-refractivity contribution in [1.82, 2.24) is 4.90 Å². The van der Waals surface area contributed by atoms with Gasteiger partial charge in [0.2, 0.25) is 11.8 Å². The van der Waals surface area contributed by atoms with Gasteiger partial charge >= 0.3 is 5.97 Å².